The molecule has 0 aliphatic rings. The fraction of sp³-hybridized carbons (Fsp3) is 0.462. The molecule has 0 N–H and O–H groups in total. The van der Waals surface area contributed by atoms with Gasteiger partial charge in [-0.05, 0) is 24.6 Å². The Morgan fingerprint density at radius 1 is 1.39 bits per heavy atom. The van der Waals surface area contributed by atoms with Gasteiger partial charge < -0.3 is 14.2 Å². The number of hydrogen-bond acceptors (Lipinski definition) is 4. The summed E-state index contributed by atoms with van der Waals surface area (Å²) in [5, 5.41) is 0. The quantitative estimate of drug-likeness (QED) is 0.725. The lowest BCUT2D eigenvalue weighted by atomic mass is 10.1. The van der Waals surface area contributed by atoms with Gasteiger partial charge in [-0.1, -0.05) is 22.0 Å². The van der Waals surface area contributed by atoms with Crippen molar-refractivity contribution in [2.24, 2.45) is 5.92 Å². The molecule has 0 amide bonds. The smallest absolute Gasteiger partial charge is 0.312 e. The molecule has 0 spiro atoms. The number of methoxy groups -OCH3 is 2. The molecule has 0 saturated heterocycles. The van der Waals surface area contributed by atoms with E-state index in [9.17, 15) is 4.79 Å². The molecule has 1 rings (SSSR count). The molecule has 0 aliphatic heterocycles. The van der Waals surface area contributed by atoms with Crippen molar-refractivity contribution < 1.29 is 19.0 Å². The van der Waals surface area contributed by atoms with Crippen LogP contribution in [0.3, 0.4) is 0 Å². The van der Waals surface area contributed by atoms with E-state index in [1.165, 1.54) is 7.11 Å². The third kappa shape index (κ3) is 5.06. The Morgan fingerprint density at radius 2 is 2.17 bits per heavy atom. The van der Waals surface area contributed by atoms with Crippen LogP contribution in [0.4, 0.5) is 0 Å². The summed E-state index contributed by atoms with van der Waals surface area (Å²) < 4.78 is 16.2. The van der Waals surface area contributed by atoms with Crippen molar-refractivity contribution in [2.75, 3.05) is 27.4 Å². The summed E-state index contributed by atoms with van der Waals surface area (Å²) in [6.07, 6.45) is 0.581. The topological polar surface area (TPSA) is 44.8 Å². The molecular weight excluding hydrogens is 300 g/mol. The van der Waals surface area contributed by atoms with Gasteiger partial charge in [-0.2, -0.15) is 0 Å². The highest BCUT2D eigenvalue weighted by Crippen LogP contribution is 2.19. The number of esters is 1. The van der Waals surface area contributed by atoms with Gasteiger partial charge in [0.15, 0.2) is 0 Å². The largest absolute Gasteiger partial charge is 0.493 e. The molecular formula is C13H17BrO4. The molecule has 0 aromatic heterocycles. The van der Waals surface area contributed by atoms with Crippen LogP contribution in [0, 0.1) is 5.92 Å². The second kappa shape index (κ2) is 8.11. The van der Waals surface area contributed by atoms with Gasteiger partial charge in [0.25, 0.3) is 0 Å². The first-order valence-corrected chi connectivity index (χ1v) is 6.41. The van der Waals surface area contributed by atoms with Crippen LogP contribution in [0.5, 0.6) is 5.75 Å². The summed E-state index contributed by atoms with van der Waals surface area (Å²) in [6.45, 7) is 0.786. The Hall–Kier alpha value is -1.07. The Balaban J connectivity index is 2.53. The van der Waals surface area contributed by atoms with Crippen molar-refractivity contribution in [3.05, 3.63) is 28.7 Å². The SMILES string of the molecule is COCCC(COc1cccc(Br)c1)C(=O)OC. The highest BCUT2D eigenvalue weighted by Gasteiger charge is 2.19. The lowest BCUT2D eigenvalue weighted by molar-refractivity contribution is -0.147. The molecule has 1 unspecified atom stereocenters. The average Bonchev–Trinajstić information content (AvgIpc) is 2.38. The van der Waals surface area contributed by atoms with Gasteiger partial charge in [-0.3, -0.25) is 4.79 Å². The first-order chi connectivity index (χ1) is 8.67. The fourth-order valence-electron chi connectivity index (χ4n) is 1.45. The van der Waals surface area contributed by atoms with Crippen LogP contribution in [0.25, 0.3) is 0 Å². The lowest BCUT2D eigenvalue weighted by Gasteiger charge is -2.15. The van der Waals surface area contributed by atoms with E-state index in [-0.39, 0.29) is 18.5 Å². The molecule has 0 radical (unpaired) electrons. The van der Waals surface area contributed by atoms with Gasteiger partial charge in [0.1, 0.15) is 12.4 Å². The average molecular weight is 317 g/mol. The van der Waals surface area contributed by atoms with E-state index in [4.69, 9.17) is 14.2 Å². The second-order valence-electron chi connectivity index (χ2n) is 3.77. The first kappa shape index (κ1) is 15.0. The van der Waals surface area contributed by atoms with E-state index in [0.717, 1.165) is 10.2 Å². The maximum absolute atomic E-state index is 11.5. The molecule has 18 heavy (non-hydrogen) atoms. The van der Waals surface area contributed by atoms with E-state index >= 15 is 0 Å². The molecule has 100 valence electrons. The van der Waals surface area contributed by atoms with Gasteiger partial charge >= 0.3 is 5.97 Å². The third-order valence-corrected chi connectivity index (χ3v) is 2.95. The standard InChI is InChI=1S/C13H17BrO4/c1-16-7-6-10(13(15)17-2)9-18-12-5-3-4-11(14)8-12/h3-5,8,10H,6-7,9H2,1-2H3. The fourth-order valence-corrected chi connectivity index (χ4v) is 1.83. The molecule has 1 atom stereocenters. The van der Waals surface area contributed by atoms with Crippen molar-refractivity contribution in [3.8, 4) is 5.75 Å². The zero-order valence-electron chi connectivity index (χ0n) is 10.5. The number of carbonyl (C=O) groups excluding carboxylic acids is 1. The monoisotopic (exact) mass is 316 g/mol. The van der Waals surface area contributed by atoms with Gasteiger partial charge in [-0.25, -0.2) is 0 Å². The van der Waals surface area contributed by atoms with Crippen LogP contribution in [0.15, 0.2) is 28.7 Å². The summed E-state index contributed by atoms with van der Waals surface area (Å²) in [6, 6.07) is 7.48. The molecule has 4 nitrogen and oxygen atoms in total. The van der Waals surface area contributed by atoms with E-state index in [1.54, 1.807) is 7.11 Å². The molecule has 1 aromatic rings. The molecule has 0 bridgehead atoms. The Labute approximate surface area is 115 Å². The van der Waals surface area contributed by atoms with Crippen LogP contribution in [0.1, 0.15) is 6.42 Å². The normalized spacial score (nSPS) is 11.9. The maximum Gasteiger partial charge on any atom is 0.312 e. The van der Waals surface area contributed by atoms with Crippen molar-refractivity contribution in [1.82, 2.24) is 0 Å². The number of carbonyl (C=O) groups is 1. The Bertz CT molecular complexity index is 381. The predicted molar refractivity (Wildman–Crippen MR) is 71.6 cm³/mol. The second-order valence-corrected chi connectivity index (χ2v) is 4.69. The Kier molecular flexibility index (Phi) is 6.75. The van der Waals surface area contributed by atoms with Crippen LogP contribution in [-0.4, -0.2) is 33.4 Å². The third-order valence-electron chi connectivity index (χ3n) is 2.45. The summed E-state index contributed by atoms with van der Waals surface area (Å²) in [4.78, 5) is 11.5. The molecule has 0 fully saturated rings. The van der Waals surface area contributed by atoms with E-state index in [2.05, 4.69) is 15.9 Å². The van der Waals surface area contributed by atoms with Crippen molar-refractivity contribution in [2.45, 2.75) is 6.42 Å². The predicted octanol–water partition coefficient (Wildman–Crippen LogP) is 2.65. The highest BCUT2D eigenvalue weighted by molar-refractivity contribution is 9.10. The summed E-state index contributed by atoms with van der Waals surface area (Å²) in [5.41, 5.74) is 0. The summed E-state index contributed by atoms with van der Waals surface area (Å²) in [5.74, 6) is 0.131. The minimum absolute atomic E-state index is 0.276. The zero-order chi connectivity index (χ0) is 13.4. The molecule has 0 heterocycles. The van der Waals surface area contributed by atoms with Crippen LogP contribution >= 0.6 is 15.9 Å². The van der Waals surface area contributed by atoms with E-state index < -0.39 is 0 Å². The maximum atomic E-state index is 11.5. The Morgan fingerprint density at radius 3 is 2.78 bits per heavy atom. The van der Waals surface area contributed by atoms with E-state index in [1.807, 2.05) is 24.3 Å². The lowest BCUT2D eigenvalue weighted by Crippen LogP contribution is -2.24. The summed E-state index contributed by atoms with van der Waals surface area (Å²) in [7, 11) is 2.98. The van der Waals surface area contributed by atoms with Gasteiger partial charge in [-0.15, -0.1) is 0 Å². The summed E-state index contributed by atoms with van der Waals surface area (Å²) >= 11 is 3.36. The van der Waals surface area contributed by atoms with Crippen LogP contribution < -0.4 is 4.74 Å². The zero-order valence-corrected chi connectivity index (χ0v) is 12.1. The number of ether oxygens (including phenoxy) is 3. The first-order valence-electron chi connectivity index (χ1n) is 5.62. The minimum atomic E-state index is -0.311. The van der Waals surface area contributed by atoms with Gasteiger partial charge in [0, 0.05) is 18.2 Å². The molecule has 0 saturated carbocycles. The number of hydrogen-bond donors (Lipinski definition) is 0. The van der Waals surface area contributed by atoms with Crippen molar-refractivity contribution in [1.29, 1.82) is 0 Å². The number of halogens is 1. The number of benzene rings is 1. The number of rotatable bonds is 7. The van der Waals surface area contributed by atoms with Crippen molar-refractivity contribution in [3.63, 3.8) is 0 Å². The highest BCUT2D eigenvalue weighted by atomic mass is 79.9. The van der Waals surface area contributed by atoms with Crippen molar-refractivity contribution >= 4 is 21.9 Å². The van der Waals surface area contributed by atoms with E-state index in [0.29, 0.717) is 13.0 Å². The molecule has 1 aromatic carbocycles. The minimum Gasteiger partial charge on any atom is -0.493 e. The molecule has 0 aliphatic carbocycles. The molecule has 5 heteroatoms. The van der Waals surface area contributed by atoms with Crippen LogP contribution in [-0.2, 0) is 14.3 Å². The van der Waals surface area contributed by atoms with Gasteiger partial charge in [0.2, 0.25) is 0 Å². The van der Waals surface area contributed by atoms with Gasteiger partial charge in [0.05, 0.1) is 13.0 Å². The van der Waals surface area contributed by atoms with Crippen LogP contribution in [0.2, 0.25) is 0 Å².